The van der Waals surface area contributed by atoms with E-state index < -0.39 is 0 Å². The van der Waals surface area contributed by atoms with Gasteiger partial charge in [-0.2, -0.15) is 0 Å². The molecule has 0 saturated heterocycles. The van der Waals surface area contributed by atoms with E-state index in [2.05, 4.69) is 6.92 Å². The number of carbonyl (C=O) groups excluding carboxylic acids is 1. The molecular weight excluding hydrogens is 252 g/mol. The van der Waals surface area contributed by atoms with Crippen LogP contribution in [0.1, 0.15) is 28.4 Å². The summed E-state index contributed by atoms with van der Waals surface area (Å²) in [5.74, 6) is 0.326. The first-order valence-corrected chi connectivity index (χ1v) is 6.54. The molecule has 3 nitrogen and oxygen atoms in total. The zero-order valence-corrected chi connectivity index (χ0v) is 11.1. The van der Waals surface area contributed by atoms with Gasteiger partial charge in [0.25, 0.3) is 0 Å². The third kappa shape index (κ3) is 2.07. The molecule has 1 heterocycles. The van der Waals surface area contributed by atoms with Crippen LogP contribution in [0.15, 0.2) is 48.2 Å². The highest BCUT2D eigenvalue weighted by Gasteiger charge is 2.30. The van der Waals surface area contributed by atoms with Crippen molar-refractivity contribution in [1.29, 1.82) is 0 Å². The summed E-state index contributed by atoms with van der Waals surface area (Å²) in [5.41, 5.74) is 2.38. The predicted octanol–water partition coefficient (Wildman–Crippen LogP) is 3.57. The van der Waals surface area contributed by atoms with Crippen molar-refractivity contribution in [3.05, 3.63) is 64.9 Å². The standard InChI is InChI=1S/C17H14O3/c1-2-11-6-8-12(9-7-11)10-15-17(19)16-13(18)4-3-5-14(16)20-15/h3-10,18H,2H2,1H3/b15-10-. The van der Waals surface area contributed by atoms with E-state index in [1.807, 2.05) is 24.3 Å². The average Bonchev–Trinajstić information content (AvgIpc) is 2.78. The molecule has 3 rings (SSSR count). The van der Waals surface area contributed by atoms with Crippen molar-refractivity contribution in [2.24, 2.45) is 0 Å². The van der Waals surface area contributed by atoms with Crippen LogP contribution in [-0.2, 0) is 6.42 Å². The average molecular weight is 266 g/mol. The number of ketones is 1. The molecule has 1 aliphatic rings. The molecule has 0 amide bonds. The number of ether oxygens (including phenoxy) is 1. The smallest absolute Gasteiger partial charge is 0.235 e. The minimum absolute atomic E-state index is 0.0442. The van der Waals surface area contributed by atoms with E-state index in [1.165, 1.54) is 11.6 Å². The maximum Gasteiger partial charge on any atom is 0.235 e. The molecule has 1 aliphatic heterocycles. The highest BCUT2D eigenvalue weighted by atomic mass is 16.5. The summed E-state index contributed by atoms with van der Waals surface area (Å²) < 4.78 is 5.51. The molecule has 0 aliphatic carbocycles. The molecule has 0 fully saturated rings. The van der Waals surface area contributed by atoms with Crippen molar-refractivity contribution in [2.45, 2.75) is 13.3 Å². The molecular formula is C17H14O3. The van der Waals surface area contributed by atoms with Gasteiger partial charge in [-0.3, -0.25) is 4.79 Å². The maximum absolute atomic E-state index is 12.2. The summed E-state index contributed by atoms with van der Waals surface area (Å²) in [6.45, 7) is 2.09. The first kappa shape index (κ1) is 12.5. The van der Waals surface area contributed by atoms with E-state index in [-0.39, 0.29) is 22.9 Å². The van der Waals surface area contributed by atoms with Crippen molar-refractivity contribution >= 4 is 11.9 Å². The lowest BCUT2D eigenvalue weighted by atomic mass is 10.1. The summed E-state index contributed by atoms with van der Waals surface area (Å²) in [6, 6.07) is 12.8. The van der Waals surface area contributed by atoms with E-state index in [0.29, 0.717) is 5.75 Å². The monoisotopic (exact) mass is 266 g/mol. The summed E-state index contributed by atoms with van der Waals surface area (Å²) in [6.07, 6.45) is 2.67. The third-order valence-electron chi connectivity index (χ3n) is 3.36. The van der Waals surface area contributed by atoms with Gasteiger partial charge in [0.1, 0.15) is 17.1 Å². The van der Waals surface area contributed by atoms with Gasteiger partial charge in [0, 0.05) is 0 Å². The van der Waals surface area contributed by atoms with Crippen LogP contribution in [0.25, 0.3) is 6.08 Å². The molecule has 0 unspecified atom stereocenters. The molecule has 100 valence electrons. The molecule has 1 N–H and O–H groups in total. The second-order valence-electron chi connectivity index (χ2n) is 4.69. The second kappa shape index (κ2) is 4.85. The largest absolute Gasteiger partial charge is 0.507 e. The van der Waals surface area contributed by atoms with Gasteiger partial charge < -0.3 is 9.84 Å². The number of phenolic OH excluding ortho intramolecular Hbond substituents is 1. The van der Waals surface area contributed by atoms with Crippen molar-refractivity contribution < 1.29 is 14.6 Å². The van der Waals surface area contributed by atoms with Crippen LogP contribution < -0.4 is 4.74 Å². The van der Waals surface area contributed by atoms with Crippen LogP contribution in [0.5, 0.6) is 11.5 Å². The maximum atomic E-state index is 12.2. The quantitative estimate of drug-likeness (QED) is 0.845. The van der Waals surface area contributed by atoms with Crippen LogP contribution >= 0.6 is 0 Å². The molecule has 2 aromatic rings. The van der Waals surface area contributed by atoms with E-state index in [9.17, 15) is 9.90 Å². The summed E-state index contributed by atoms with van der Waals surface area (Å²) in [7, 11) is 0. The first-order chi connectivity index (χ1) is 9.69. The Kier molecular flexibility index (Phi) is 3.03. The number of aryl methyl sites for hydroxylation is 1. The number of hydrogen-bond acceptors (Lipinski definition) is 3. The van der Waals surface area contributed by atoms with Gasteiger partial charge in [-0.15, -0.1) is 0 Å². The van der Waals surface area contributed by atoms with Crippen LogP contribution in [0.2, 0.25) is 0 Å². The van der Waals surface area contributed by atoms with Gasteiger partial charge in [-0.25, -0.2) is 0 Å². The normalized spacial score (nSPS) is 15.2. The van der Waals surface area contributed by atoms with Crippen LogP contribution in [0.3, 0.4) is 0 Å². The fraction of sp³-hybridized carbons (Fsp3) is 0.118. The lowest BCUT2D eigenvalue weighted by Gasteiger charge is -2.00. The molecule has 3 heteroatoms. The van der Waals surface area contributed by atoms with Crippen molar-refractivity contribution in [3.63, 3.8) is 0 Å². The van der Waals surface area contributed by atoms with Crippen molar-refractivity contribution in [2.75, 3.05) is 0 Å². The SMILES string of the molecule is CCc1ccc(/C=C2\Oc3cccc(O)c3C2=O)cc1. The fourth-order valence-electron chi connectivity index (χ4n) is 2.22. The van der Waals surface area contributed by atoms with E-state index in [1.54, 1.807) is 18.2 Å². The third-order valence-corrected chi connectivity index (χ3v) is 3.36. The second-order valence-corrected chi connectivity index (χ2v) is 4.69. The Bertz CT molecular complexity index is 697. The van der Waals surface area contributed by atoms with Crippen LogP contribution in [0, 0.1) is 0 Å². The number of rotatable bonds is 2. The number of allylic oxidation sites excluding steroid dienone is 1. The molecule has 20 heavy (non-hydrogen) atoms. The Morgan fingerprint density at radius 3 is 2.55 bits per heavy atom. The number of Topliss-reactive ketones (excluding diaryl/α,β-unsaturated/α-hetero) is 1. The lowest BCUT2D eigenvalue weighted by molar-refractivity contribution is 0.101. The zero-order chi connectivity index (χ0) is 14.1. The van der Waals surface area contributed by atoms with Gasteiger partial charge in [-0.05, 0) is 35.8 Å². The Labute approximate surface area is 117 Å². The van der Waals surface area contributed by atoms with Crippen LogP contribution in [0.4, 0.5) is 0 Å². The molecule has 0 spiro atoms. The minimum atomic E-state index is -0.280. The lowest BCUT2D eigenvalue weighted by Crippen LogP contribution is -1.98. The van der Waals surface area contributed by atoms with Crippen LogP contribution in [-0.4, -0.2) is 10.9 Å². The van der Waals surface area contributed by atoms with Crippen molar-refractivity contribution in [3.8, 4) is 11.5 Å². The fourth-order valence-corrected chi connectivity index (χ4v) is 2.22. The van der Waals surface area contributed by atoms with E-state index >= 15 is 0 Å². The molecule has 0 bridgehead atoms. The minimum Gasteiger partial charge on any atom is -0.507 e. The van der Waals surface area contributed by atoms with Gasteiger partial charge in [0.05, 0.1) is 0 Å². The number of benzene rings is 2. The highest BCUT2D eigenvalue weighted by Crippen LogP contribution is 2.37. The van der Waals surface area contributed by atoms with E-state index in [4.69, 9.17) is 4.74 Å². The highest BCUT2D eigenvalue weighted by molar-refractivity contribution is 6.16. The number of phenols is 1. The summed E-state index contributed by atoms with van der Waals surface area (Å²) in [4.78, 5) is 12.2. The number of aromatic hydroxyl groups is 1. The number of fused-ring (bicyclic) bond motifs is 1. The van der Waals surface area contributed by atoms with Gasteiger partial charge >= 0.3 is 0 Å². The van der Waals surface area contributed by atoms with Gasteiger partial charge in [0.15, 0.2) is 5.76 Å². The summed E-state index contributed by atoms with van der Waals surface area (Å²) >= 11 is 0. The Balaban J connectivity index is 1.95. The summed E-state index contributed by atoms with van der Waals surface area (Å²) in [5, 5.41) is 9.73. The first-order valence-electron chi connectivity index (χ1n) is 6.54. The molecule has 0 saturated carbocycles. The topological polar surface area (TPSA) is 46.5 Å². The zero-order valence-electron chi connectivity index (χ0n) is 11.1. The Morgan fingerprint density at radius 2 is 1.90 bits per heavy atom. The number of hydrogen-bond donors (Lipinski definition) is 1. The molecule has 0 atom stereocenters. The molecule has 0 aromatic heterocycles. The van der Waals surface area contributed by atoms with Crippen molar-refractivity contribution in [1.82, 2.24) is 0 Å². The van der Waals surface area contributed by atoms with Gasteiger partial charge in [0.2, 0.25) is 5.78 Å². The Hall–Kier alpha value is -2.55. The predicted molar refractivity (Wildman–Crippen MR) is 76.9 cm³/mol. The Morgan fingerprint density at radius 1 is 1.15 bits per heavy atom. The van der Waals surface area contributed by atoms with Gasteiger partial charge in [-0.1, -0.05) is 37.3 Å². The molecule has 2 aromatic carbocycles. The number of carbonyl (C=O) groups is 1. The van der Waals surface area contributed by atoms with E-state index in [0.717, 1.165) is 12.0 Å². The molecule has 0 radical (unpaired) electrons.